The van der Waals surface area contributed by atoms with Gasteiger partial charge in [-0.2, -0.15) is 0 Å². The van der Waals surface area contributed by atoms with Crippen LogP contribution in [0.25, 0.3) is 21.8 Å². The minimum absolute atomic E-state index is 0.135. The molecular weight excluding hydrogens is 256 g/mol. The van der Waals surface area contributed by atoms with E-state index >= 15 is 0 Å². The number of rotatable bonds is 2. The molecule has 3 rings (SSSR count). The first-order chi connectivity index (χ1) is 9.56. The third-order valence-electron chi connectivity index (χ3n) is 3.07. The number of amides is 2. The van der Waals surface area contributed by atoms with Gasteiger partial charge < -0.3 is 16.0 Å². The van der Waals surface area contributed by atoms with Crippen molar-refractivity contribution < 1.29 is 9.59 Å². The van der Waals surface area contributed by atoms with Crippen molar-refractivity contribution in [2.45, 2.75) is 6.92 Å². The van der Waals surface area contributed by atoms with Crippen molar-refractivity contribution in [1.82, 2.24) is 9.97 Å². The fourth-order valence-electron chi connectivity index (χ4n) is 2.29. The van der Waals surface area contributed by atoms with Gasteiger partial charge in [-0.1, -0.05) is 0 Å². The summed E-state index contributed by atoms with van der Waals surface area (Å²) in [5, 5.41) is 4.47. The van der Waals surface area contributed by atoms with Gasteiger partial charge in [0.05, 0.1) is 5.52 Å². The summed E-state index contributed by atoms with van der Waals surface area (Å²) in [7, 11) is 0. The molecule has 6 heteroatoms. The van der Waals surface area contributed by atoms with Crippen LogP contribution in [0, 0.1) is 0 Å². The summed E-state index contributed by atoms with van der Waals surface area (Å²) in [6, 6.07) is 7.28. The molecule has 4 N–H and O–H groups in total. The molecule has 0 spiro atoms. The number of carbonyl (C=O) groups is 2. The third kappa shape index (κ3) is 1.87. The largest absolute Gasteiger partial charge is 0.364 e. The van der Waals surface area contributed by atoms with Gasteiger partial charge in [0.1, 0.15) is 0 Å². The number of nitrogens with one attached hydrogen (secondary N) is 2. The highest BCUT2D eigenvalue weighted by Gasteiger charge is 2.13. The lowest BCUT2D eigenvalue weighted by Crippen LogP contribution is -2.13. The first-order valence-corrected chi connectivity index (χ1v) is 6.04. The second kappa shape index (κ2) is 4.34. The highest BCUT2D eigenvalue weighted by atomic mass is 16.1. The van der Waals surface area contributed by atoms with Gasteiger partial charge in [0, 0.05) is 35.1 Å². The summed E-state index contributed by atoms with van der Waals surface area (Å²) in [4.78, 5) is 29.6. The van der Waals surface area contributed by atoms with Crippen LogP contribution in [0.3, 0.4) is 0 Å². The number of pyridine rings is 1. The van der Waals surface area contributed by atoms with E-state index < -0.39 is 5.91 Å². The second-order valence-corrected chi connectivity index (χ2v) is 4.51. The fourth-order valence-corrected chi connectivity index (χ4v) is 2.29. The highest BCUT2D eigenvalue weighted by Crippen LogP contribution is 2.28. The molecule has 0 aliphatic carbocycles. The maximum absolute atomic E-state index is 11.4. The third-order valence-corrected chi connectivity index (χ3v) is 3.07. The van der Waals surface area contributed by atoms with Crippen molar-refractivity contribution in [3.63, 3.8) is 0 Å². The number of aromatic nitrogens is 2. The van der Waals surface area contributed by atoms with E-state index in [1.165, 1.54) is 6.92 Å². The normalized spacial score (nSPS) is 10.8. The van der Waals surface area contributed by atoms with E-state index in [0.29, 0.717) is 11.2 Å². The van der Waals surface area contributed by atoms with Gasteiger partial charge in [-0.3, -0.25) is 9.59 Å². The Kier molecular flexibility index (Phi) is 2.64. The number of benzene rings is 1. The van der Waals surface area contributed by atoms with Crippen molar-refractivity contribution >= 4 is 39.3 Å². The molecule has 0 saturated heterocycles. The van der Waals surface area contributed by atoms with E-state index in [2.05, 4.69) is 15.3 Å². The molecule has 20 heavy (non-hydrogen) atoms. The monoisotopic (exact) mass is 268 g/mol. The number of carbonyl (C=O) groups excluding carboxylic acids is 2. The summed E-state index contributed by atoms with van der Waals surface area (Å²) in [5.74, 6) is -0.715. The lowest BCUT2D eigenvalue weighted by molar-refractivity contribution is -0.114. The number of anilines is 1. The molecule has 6 nitrogen and oxygen atoms in total. The molecule has 2 amide bonds. The average molecular weight is 268 g/mol. The number of primary amides is 1. The molecule has 0 atom stereocenters. The first kappa shape index (κ1) is 12.2. The van der Waals surface area contributed by atoms with E-state index in [9.17, 15) is 9.59 Å². The second-order valence-electron chi connectivity index (χ2n) is 4.51. The maximum atomic E-state index is 11.4. The van der Waals surface area contributed by atoms with Crippen LogP contribution in [0.4, 0.5) is 5.69 Å². The lowest BCUT2D eigenvalue weighted by Gasteiger charge is -2.01. The SMILES string of the molecule is CC(=O)Nc1ccc2[nH]c3c(C(N)=O)nccc3c2c1. The molecule has 0 aliphatic rings. The Bertz CT molecular complexity index is 851. The van der Waals surface area contributed by atoms with Crippen molar-refractivity contribution in [2.75, 3.05) is 5.32 Å². The molecule has 0 unspecified atom stereocenters. The van der Waals surface area contributed by atoms with E-state index in [1.54, 1.807) is 18.3 Å². The molecule has 3 aromatic rings. The number of nitrogens with zero attached hydrogens (tertiary/aromatic N) is 1. The average Bonchev–Trinajstić information content (AvgIpc) is 2.75. The summed E-state index contributed by atoms with van der Waals surface area (Å²) < 4.78 is 0. The number of H-pyrrole nitrogens is 1. The Morgan fingerprint density at radius 2 is 2.05 bits per heavy atom. The molecule has 1 aromatic carbocycles. The Labute approximate surface area is 114 Å². The van der Waals surface area contributed by atoms with Crippen LogP contribution in [0.1, 0.15) is 17.4 Å². The zero-order valence-corrected chi connectivity index (χ0v) is 10.7. The Morgan fingerprint density at radius 3 is 2.75 bits per heavy atom. The van der Waals surface area contributed by atoms with Crippen LogP contribution < -0.4 is 11.1 Å². The molecular formula is C14H12N4O2. The summed E-state index contributed by atoms with van der Waals surface area (Å²) in [6.45, 7) is 1.45. The zero-order chi connectivity index (χ0) is 14.3. The number of fused-ring (bicyclic) bond motifs is 3. The van der Waals surface area contributed by atoms with Crippen LogP contribution in [0.5, 0.6) is 0 Å². The summed E-state index contributed by atoms with van der Waals surface area (Å²) in [6.07, 6.45) is 1.54. The Hall–Kier alpha value is -2.89. The quantitative estimate of drug-likeness (QED) is 0.660. The summed E-state index contributed by atoms with van der Waals surface area (Å²) in [5.41, 5.74) is 7.68. The Balaban J connectivity index is 2.29. The van der Waals surface area contributed by atoms with Crippen molar-refractivity contribution in [2.24, 2.45) is 5.73 Å². The first-order valence-electron chi connectivity index (χ1n) is 6.04. The molecule has 2 aromatic heterocycles. The number of hydrogen-bond donors (Lipinski definition) is 3. The standard InChI is InChI=1S/C14H12N4O2/c1-7(19)17-8-2-3-11-10(6-8)9-4-5-16-13(14(15)20)12(9)18-11/h2-6,18H,1H3,(H2,15,20)(H,17,19). The van der Waals surface area contributed by atoms with Crippen LogP contribution in [-0.4, -0.2) is 21.8 Å². The van der Waals surface area contributed by atoms with Crippen LogP contribution >= 0.6 is 0 Å². The molecule has 100 valence electrons. The van der Waals surface area contributed by atoms with Crippen LogP contribution in [-0.2, 0) is 4.79 Å². The number of hydrogen-bond acceptors (Lipinski definition) is 3. The molecule has 2 heterocycles. The molecule has 0 bridgehead atoms. The maximum Gasteiger partial charge on any atom is 0.269 e. The van der Waals surface area contributed by atoms with Crippen molar-refractivity contribution in [3.05, 3.63) is 36.2 Å². The van der Waals surface area contributed by atoms with Gasteiger partial charge in [0.15, 0.2) is 5.69 Å². The van der Waals surface area contributed by atoms with E-state index in [-0.39, 0.29) is 11.6 Å². The molecule has 0 aliphatic heterocycles. The van der Waals surface area contributed by atoms with E-state index in [0.717, 1.165) is 16.3 Å². The van der Waals surface area contributed by atoms with Gasteiger partial charge in [-0.15, -0.1) is 0 Å². The van der Waals surface area contributed by atoms with Crippen LogP contribution in [0.2, 0.25) is 0 Å². The molecule has 0 radical (unpaired) electrons. The number of aromatic amines is 1. The lowest BCUT2D eigenvalue weighted by atomic mass is 10.1. The topological polar surface area (TPSA) is 101 Å². The highest BCUT2D eigenvalue weighted by molar-refractivity contribution is 6.14. The Morgan fingerprint density at radius 1 is 1.25 bits per heavy atom. The van der Waals surface area contributed by atoms with Gasteiger partial charge in [-0.25, -0.2) is 4.98 Å². The summed E-state index contributed by atoms with van der Waals surface area (Å²) >= 11 is 0. The zero-order valence-electron chi connectivity index (χ0n) is 10.7. The molecule has 0 saturated carbocycles. The fraction of sp³-hybridized carbons (Fsp3) is 0.0714. The smallest absolute Gasteiger partial charge is 0.269 e. The number of nitrogens with two attached hydrogens (primary N) is 1. The predicted octanol–water partition coefficient (Wildman–Crippen LogP) is 1.77. The van der Waals surface area contributed by atoms with Gasteiger partial charge in [0.25, 0.3) is 5.91 Å². The predicted molar refractivity (Wildman–Crippen MR) is 76.4 cm³/mol. The van der Waals surface area contributed by atoms with Crippen LogP contribution in [0.15, 0.2) is 30.5 Å². The minimum Gasteiger partial charge on any atom is -0.364 e. The minimum atomic E-state index is -0.579. The van der Waals surface area contributed by atoms with Gasteiger partial charge in [-0.05, 0) is 24.3 Å². The van der Waals surface area contributed by atoms with Crippen molar-refractivity contribution in [3.8, 4) is 0 Å². The van der Waals surface area contributed by atoms with Gasteiger partial charge >= 0.3 is 0 Å². The molecule has 0 fully saturated rings. The van der Waals surface area contributed by atoms with Crippen molar-refractivity contribution in [1.29, 1.82) is 0 Å². The van der Waals surface area contributed by atoms with E-state index in [4.69, 9.17) is 5.73 Å². The van der Waals surface area contributed by atoms with E-state index in [1.807, 2.05) is 12.1 Å². The van der Waals surface area contributed by atoms with Gasteiger partial charge in [0.2, 0.25) is 5.91 Å².